The second-order valence-corrected chi connectivity index (χ2v) is 4.06. The molecule has 0 radical (unpaired) electrons. The first-order valence-corrected chi connectivity index (χ1v) is 6.18. The SMILES string of the molecule is CC.CCSc1nc(C)cc(C)c1C#N. The van der Waals surface area contributed by atoms with Gasteiger partial charge in [-0.25, -0.2) is 4.98 Å². The summed E-state index contributed by atoms with van der Waals surface area (Å²) >= 11 is 1.62. The summed E-state index contributed by atoms with van der Waals surface area (Å²) in [5, 5.41) is 9.78. The third-order valence-electron chi connectivity index (χ3n) is 1.70. The van der Waals surface area contributed by atoms with Crippen LogP contribution >= 0.6 is 11.8 Å². The summed E-state index contributed by atoms with van der Waals surface area (Å²) in [5.41, 5.74) is 2.72. The third kappa shape index (κ3) is 3.93. The molecular formula is C12H18N2S. The molecule has 15 heavy (non-hydrogen) atoms. The zero-order chi connectivity index (χ0) is 11.8. The Bertz CT molecular complexity index is 353. The summed E-state index contributed by atoms with van der Waals surface area (Å²) in [4.78, 5) is 4.34. The third-order valence-corrected chi connectivity index (χ3v) is 2.56. The Morgan fingerprint density at radius 1 is 1.40 bits per heavy atom. The lowest BCUT2D eigenvalue weighted by atomic mass is 10.1. The second-order valence-electron chi connectivity index (χ2n) is 2.81. The minimum Gasteiger partial charge on any atom is -0.245 e. The molecule has 0 saturated carbocycles. The van der Waals surface area contributed by atoms with Crippen molar-refractivity contribution >= 4 is 11.8 Å². The van der Waals surface area contributed by atoms with Crippen LogP contribution in [0, 0.1) is 25.2 Å². The smallest absolute Gasteiger partial charge is 0.114 e. The molecule has 1 heterocycles. The molecule has 1 aromatic heterocycles. The number of hydrogen-bond donors (Lipinski definition) is 0. The highest BCUT2D eigenvalue weighted by atomic mass is 32.2. The Balaban J connectivity index is 0.000000921. The van der Waals surface area contributed by atoms with Crippen molar-refractivity contribution in [2.45, 2.75) is 39.6 Å². The number of rotatable bonds is 2. The van der Waals surface area contributed by atoms with Crippen LogP contribution in [0.5, 0.6) is 0 Å². The molecule has 3 heteroatoms. The van der Waals surface area contributed by atoms with Crippen molar-refractivity contribution in [1.82, 2.24) is 4.98 Å². The van der Waals surface area contributed by atoms with Crippen molar-refractivity contribution in [2.24, 2.45) is 0 Å². The number of aryl methyl sites for hydroxylation is 2. The van der Waals surface area contributed by atoms with Crippen LogP contribution in [0.4, 0.5) is 0 Å². The van der Waals surface area contributed by atoms with Crippen LogP contribution in [0.3, 0.4) is 0 Å². The van der Waals surface area contributed by atoms with Gasteiger partial charge in [-0.15, -0.1) is 11.8 Å². The molecule has 1 rings (SSSR count). The molecule has 0 aliphatic carbocycles. The minimum absolute atomic E-state index is 0.720. The predicted octanol–water partition coefficient (Wildman–Crippen LogP) is 3.71. The van der Waals surface area contributed by atoms with Gasteiger partial charge in [0, 0.05) is 5.69 Å². The molecule has 0 bridgehead atoms. The van der Waals surface area contributed by atoms with Gasteiger partial charge in [-0.2, -0.15) is 5.26 Å². The highest BCUT2D eigenvalue weighted by Crippen LogP contribution is 2.22. The highest BCUT2D eigenvalue weighted by molar-refractivity contribution is 7.99. The predicted molar refractivity (Wildman–Crippen MR) is 66.2 cm³/mol. The lowest BCUT2D eigenvalue weighted by molar-refractivity contribution is 1.03. The fourth-order valence-electron chi connectivity index (χ4n) is 1.18. The average molecular weight is 222 g/mol. The maximum absolute atomic E-state index is 8.91. The molecule has 0 fully saturated rings. The summed E-state index contributed by atoms with van der Waals surface area (Å²) < 4.78 is 0. The molecular weight excluding hydrogens is 204 g/mol. The van der Waals surface area contributed by atoms with Crippen LogP contribution in [0.25, 0.3) is 0 Å². The quantitative estimate of drug-likeness (QED) is 0.716. The fourth-order valence-corrected chi connectivity index (χ4v) is 2.01. The minimum atomic E-state index is 0.720. The molecule has 0 aliphatic rings. The Morgan fingerprint density at radius 2 is 2.00 bits per heavy atom. The number of pyridine rings is 1. The van der Waals surface area contributed by atoms with Crippen LogP contribution in [0.15, 0.2) is 11.1 Å². The van der Waals surface area contributed by atoms with Crippen molar-refractivity contribution < 1.29 is 0 Å². The van der Waals surface area contributed by atoms with Crippen molar-refractivity contribution in [3.05, 3.63) is 22.9 Å². The average Bonchev–Trinajstić information content (AvgIpc) is 2.21. The Hall–Kier alpha value is -1.01. The van der Waals surface area contributed by atoms with Crippen molar-refractivity contribution in [2.75, 3.05) is 5.75 Å². The van der Waals surface area contributed by atoms with Gasteiger partial charge in [0.05, 0.1) is 5.56 Å². The standard InChI is InChI=1S/C10H12N2S.C2H6/c1-4-13-10-9(6-11)7(2)5-8(3)12-10;1-2/h5H,4H2,1-3H3;1-2H3. The lowest BCUT2D eigenvalue weighted by Gasteiger charge is -2.05. The van der Waals surface area contributed by atoms with Gasteiger partial charge in [0.2, 0.25) is 0 Å². The molecule has 0 atom stereocenters. The number of hydrogen-bond acceptors (Lipinski definition) is 3. The van der Waals surface area contributed by atoms with E-state index in [2.05, 4.69) is 18.0 Å². The van der Waals surface area contributed by atoms with E-state index in [1.165, 1.54) is 0 Å². The molecule has 82 valence electrons. The second kappa shape index (κ2) is 7.30. The largest absolute Gasteiger partial charge is 0.245 e. The van der Waals surface area contributed by atoms with Crippen LogP contribution in [0.2, 0.25) is 0 Å². The monoisotopic (exact) mass is 222 g/mol. The summed E-state index contributed by atoms with van der Waals surface area (Å²) in [6, 6.07) is 4.14. The molecule has 0 aliphatic heterocycles. The first kappa shape index (κ1) is 14.0. The zero-order valence-corrected chi connectivity index (χ0v) is 10.9. The van der Waals surface area contributed by atoms with Gasteiger partial charge < -0.3 is 0 Å². The van der Waals surface area contributed by atoms with E-state index in [0.29, 0.717) is 0 Å². The molecule has 0 amide bonds. The normalized spacial score (nSPS) is 8.80. The maximum Gasteiger partial charge on any atom is 0.114 e. The summed E-state index contributed by atoms with van der Waals surface area (Å²) in [6.45, 7) is 9.96. The van der Waals surface area contributed by atoms with Gasteiger partial charge in [-0.3, -0.25) is 0 Å². The Labute approximate surface area is 96.7 Å². The molecule has 2 nitrogen and oxygen atoms in total. The van der Waals surface area contributed by atoms with E-state index < -0.39 is 0 Å². The lowest BCUT2D eigenvalue weighted by Crippen LogP contribution is -1.94. The van der Waals surface area contributed by atoms with Gasteiger partial charge in [-0.1, -0.05) is 20.8 Å². The van der Waals surface area contributed by atoms with Crippen LogP contribution < -0.4 is 0 Å². The molecule has 0 N–H and O–H groups in total. The molecule has 0 spiro atoms. The maximum atomic E-state index is 8.91. The number of thioether (sulfide) groups is 1. The van der Waals surface area contributed by atoms with E-state index in [4.69, 9.17) is 5.26 Å². The Morgan fingerprint density at radius 3 is 2.47 bits per heavy atom. The number of nitriles is 1. The number of nitrogens with zero attached hydrogens (tertiary/aromatic N) is 2. The van der Waals surface area contributed by atoms with Gasteiger partial charge in [-0.05, 0) is 31.2 Å². The fraction of sp³-hybridized carbons (Fsp3) is 0.500. The first-order chi connectivity index (χ1) is 7.19. The summed E-state index contributed by atoms with van der Waals surface area (Å²) in [5.74, 6) is 0.949. The van der Waals surface area contributed by atoms with E-state index >= 15 is 0 Å². The van der Waals surface area contributed by atoms with Gasteiger partial charge >= 0.3 is 0 Å². The Kier molecular flexibility index (Phi) is 6.81. The molecule has 0 aromatic carbocycles. The zero-order valence-electron chi connectivity index (χ0n) is 10.1. The van der Waals surface area contributed by atoms with E-state index in [9.17, 15) is 0 Å². The van der Waals surface area contributed by atoms with Crippen LogP contribution in [-0.2, 0) is 0 Å². The van der Waals surface area contributed by atoms with E-state index in [1.54, 1.807) is 11.8 Å². The van der Waals surface area contributed by atoms with Gasteiger partial charge in [0.15, 0.2) is 0 Å². The number of aromatic nitrogens is 1. The first-order valence-electron chi connectivity index (χ1n) is 5.20. The summed E-state index contributed by atoms with van der Waals surface area (Å²) in [6.07, 6.45) is 0. The van der Waals surface area contributed by atoms with Gasteiger partial charge in [0.25, 0.3) is 0 Å². The van der Waals surface area contributed by atoms with Gasteiger partial charge in [0.1, 0.15) is 11.1 Å². The van der Waals surface area contributed by atoms with Crippen molar-refractivity contribution in [3.8, 4) is 6.07 Å². The van der Waals surface area contributed by atoms with E-state index in [0.717, 1.165) is 27.6 Å². The summed E-state index contributed by atoms with van der Waals surface area (Å²) in [7, 11) is 0. The molecule has 0 saturated heterocycles. The van der Waals surface area contributed by atoms with Crippen molar-refractivity contribution in [1.29, 1.82) is 5.26 Å². The highest BCUT2D eigenvalue weighted by Gasteiger charge is 2.07. The van der Waals surface area contributed by atoms with E-state index in [-0.39, 0.29) is 0 Å². The topological polar surface area (TPSA) is 36.7 Å². The molecule has 1 aromatic rings. The van der Waals surface area contributed by atoms with Crippen molar-refractivity contribution in [3.63, 3.8) is 0 Å². The van der Waals surface area contributed by atoms with Crippen LogP contribution in [0.1, 0.15) is 37.6 Å². The van der Waals surface area contributed by atoms with E-state index in [1.807, 2.05) is 33.8 Å². The van der Waals surface area contributed by atoms with Crippen LogP contribution in [-0.4, -0.2) is 10.7 Å². The molecule has 0 unspecified atom stereocenters.